The van der Waals surface area contributed by atoms with E-state index in [0.29, 0.717) is 0 Å². The summed E-state index contributed by atoms with van der Waals surface area (Å²) in [7, 11) is 0. The Morgan fingerprint density at radius 3 is 2.52 bits per heavy atom. The third-order valence-electron chi connectivity index (χ3n) is 3.85. The molecule has 5 nitrogen and oxygen atoms in total. The van der Waals surface area contributed by atoms with Crippen molar-refractivity contribution in [1.82, 2.24) is 9.38 Å². The SMILES string of the molecule is O=C(CSc1ncc2ccccn12)Nc1ccc(Oc2ccccc2)cc1. The fourth-order valence-electron chi connectivity index (χ4n) is 2.58. The average molecular weight is 375 g/mol. The van der Waals surface area contributed by atoms with Gasteiger partial charge < -0.3 is 10.1 Å². The van der Waals surface area contributed by atoms with E-state index in [-0.39, 0.29) is 11.7 Å². The maximum atomic E-state index is 12.2. The van der Waals surface area contributed by atoms with Crippen LogP contribution in [0.5, 0.6) is 11.5 Å². The molecule has 0 spiro atoms. The van der Waals surface area contributed by atoms with Crippen LogP contribution >= 0.6 is 11.8 Å². The fraction of sp³-hybridized carbons (Fsp3) is 0.0476. The minimum absolute atomic E-state index is 0.0793. The van der Waals surface area contributed by atoms with Gasteiger partial charge in [-0.25, -0.2) is 4.98 Å². The van der Waals surface area contributed by atoms with Gasteiger partial charge in [0.25, 0.3) is 0 Å². The molecule has 0 saturated carbocycles. The van der Waals surface area contributed by atoms with Gasteiger partial charge in [0.1, 0.15) is 11.5 Å². The van der Waals surface area contributed by atoms with Crippen LogP contribution in [0, 0.1) is 0 Å². The number of hydrogen-bond donors (Lipinski definition) is 1. The minimum atomic E-state index is -0.0793. The fourth-order valence-corrected chi connectivity index (χ4v) is 3.35. The Balaban J connectivity index is 1.33. The molecule has 0 atom stereocenters. The number of hydrogen-bond acceptors (Lipinski definition) is 4. The number of nitrogens with zero attached hydrogens (tertiary/aromatic N) is 2. The van der Waals surface area contributed by atoms with Crippen LogP contribution in [-0.4, -0.2) is 21.0 Å². The van der Waals surface area contributed by atoms with Crippen molar-refractivity contribution in [2.45, 2.75) is 5.16 Å². The van der Waals surface area contributed by atoms with Crippen LogP contribution in [0.2, 0.25) is 0 Å². The highest BCUT2D eigenvalue weighted by Crippen LogP contribution is 2.23. The molecule has 27 heavy (non-hydrogen) atoms. The third kappa shape index (κ3) is 4.30. The maximum absolute atomic E-state index is 12.2. The summed E-state index contributed by atoms with van der Waals surface area (Å²) in [6.45, 7) is 0. The van der Waals surface area contributed by atoms with E-state index in [2.05, 4.69) is 10.3 Å². The summed E-state index contributed by atoms with van der Waals surface area (Å²) in [5.74, 6) is 1.70. The van der Waals surface area contributed by atoms with Gasteiger partial charge in [0.15, 0.2) is 5.16 Å². The second-order valence-electron chi connectivity index (χ2n) is 5.81. The van der Waals surface area contributed by atoms with E-state index in [9.17, 15) is 4.79 Å². The van der Waals surface area contributed by atoms with Gasteiger partial charge in [0.05, 0.1) is 17.5 Å². The van der Waals surface area contributed by atoms with Crippen LogP contribution in [0.25, 0.3) is 5.52 Å². The molecule has 2 aromatic carbocycles. The molecule has 134 valence electrons. The van der Waals surface area contributed by atoms with Gasteiger partial charge in [0, 0.05) is 11.9 Å². The normalized spacial score (nSPS) is 10.7. The maximum Gasteiger partial charge on any atom is 0.234 e. The third-order valence-corrected chi connectivity index (χ3v) is 4.82. The number of imidazole rings is 1. The van der Waals surface area contributed by atoms with Crippen molar-refractivity contribution in [2.24, 2.45) is 0 Å². The highest BCUT2D eigenvalue weighted by atomic mass is 32.2. The number of amides is 1. The molecule has 6 heteroatoms. The molecule has 4 rings (SSSR count). The summed E-state index contributed by atoms with van der Waals surface area (Å²) in [5, 5.41) is 3.69. The molecule has 0 radical (unpaired) electrons. The number of fused-ring (bicyclic) bond motifs is 1. The number of anilines is 1. The Labute approximate surface area is 161 Å². The van der Waals surface area contributed by atoms with Crippen LogP contribution in [0.1, 0.15) is 0 Å². The first kappa shape index (κ1) is 17.2. The summed E-state index contributed by atoms with van der Waals surface area (Å²) < 4.78 is 7.71. The van der Waals surface area contributed by atoms with E-state index in [4.69, 9.17) is 4.74 Å². The molecular formula is C21H17N3O2S. The Kier molecular flexibility index (Phi) is 5.07. The van der Waals surface area contributed by atoms with Crippen LogP contribution in [0.3, 0.4) is 0 Å². The van der Waals surface area contributed by atoms with Gasteiger partial charge in [-0.2, -0.15) is 0 Å². The zero-order valence-electron chi connectivity index (χ0n) is 14.4. The molecule has 0 aliphatic rings. The molecule has 0 aliphatic carbocycles. The number of para-hydroxylation sites is 1. The van der Waals surface area contributed by atoms with Gasteiger partial charge in [-0.1, -0.05) is 36.0 Å². The Morgan fingerprint density at radius 2 is 1.70 bits per heavy atom. The van der Waals surface area contributed by atoms with Crippen molar-refractivity contribution in [2.75, 3.05) is 11.1 Å². The van der Waals surface area contributed by atoms with Gasteiger partial charge in [-0.3, -0.25) is 9.20 Å². The first-order chi connectivity index (χ1) is 13.3. The molecule has 2 aromatic heterocycles. The Hall–Kier alpha value is -3.25. The van der Waals surface area contributed by atoms with Gasteiger partial charge in [-0.15, -0.1) is 0 Å². The van der Waals surface area contributed by atoms with Crippen molar-refractivity contribution in [3.8, 4) is 11.5 Å². The van der Waals surface area contributed by atoms with Crippen molar-refractivity contribution in [1.29, 1.82) is 0 Å². The van der Waals surface area contributed by atoms with E-state index < -0.39 is 0 Å². The Morgan fingerprint density at radius 1 is 0.963 bits per heavy atom. The van der Waals surface area contributed by atoms with E-state index in [1.807, 2.05) is 83.4 Å². The topological polar surface area (TPSA) is 55.6 Å². The van der Waals surface area contributed by atoms with Crippen LogP contribution in [-0.2, 0) is 4.79 Å². The number of carbonyl (C=O) groups is 1. The van der Waals surface area contributed by atoms with Crippen molar-refractivity contribution < 1.29 is 9.53 Å². The zero-order valence-corrected chi connectivity index (χ0v) is 15.2. The standard InChI is InChI=1S/C21H17N3O2S/c25-20(15-27-21-22-14-17-6-4-5-13-24(17)21)23-16-9-11-19(12-10-16)26-18-7-2-1-3-8-18/h1-14H,15H2,(H,23,25). The first-order valence-electron chi connectivity index (χ1n) is 8.46. The highest BCUT2D eigenvalue weighted by molar-refractivity contribution is 7.99. The first-order valence-corrected chi connectivity index (χ1v) is 9.44. The van der Waals surface area contributed by atoms with Crippen LogP contribution in [0.15, 0.2) is 90.3 Å². The number of carbonyl (C=O) groups excluding carboxylic acids is 1. The molecule has 1 amide bonds. The quantitative estimate of drug-likeness (QED) is 0.489. The lowest BCUT2D eigenvalue weighted by atomic mass is 10.3. The summed E-state index contributed by atoms with van der Waals surface area (Å²) in [6, 6.07) is 22.8. The van der Waals surface area contributed by atoms with E-state index >= 15 is 0 Å². The number of pyridine rings is 1. The molecule has 0 fully saturated rings. The monoisotopic (exact) mass is 375 g/mol. The molecule has 1 N–H and O–H groups in total. The van der Waals surface area contributed by atoms with E-state index in [0.717, 1.165) is 27.9 Å². The predicted octanol–water partition coefficient (Wildman–Crippen LogP) is 4.86. The van der Waals surface area contributed by atoms with Crippen molar-refractivity contribution >= 4 is 28.9 Å². The van der Waals surface area contributed by atoms with E-state index in [1.54, 1.807) is 6.20 Å². The lowest BCUT2D eigenvalue weighted by Crippen LogP contribution is -2.14. The van der Waals surface area contributed by atoms with E-state index in [1.165, 1.54) is 11.8 Å². The zero-order chi connectivity index (χ0) is 18.5. The van der Waals surface area contributed by atoms with Gasteiger partial charge in [-0.05, 0) is 48.5 Å². The highest BCUT2D eigenvalue weighted by Gasteiger charge is 2.08. The number of benzene rings is 2. The second kappa shape index (κ2) is 7.97. The molecular weight excluding hydrogens is 358 g/mol. The lowest BCUT2D eigenvalue weighted by molar-refractivity contribution is -0.113. The number of ether oxygens (including phenoxy) is 1. The molecule has 0 aliphatic heterocycles. The summed E-state index contributed by atoms with van der Waals surface area (Å²) in [6.07, 6.45) is 3.74. The van der Waals surface area contributed by atoms with Gasteiger partial charge >= 0.3 is 0 Å². The molecule has 2 heterocycles. The van der Waals surface area contributed by atoms with Crippen molar-refractivity contribution in [3.63, 3.8) is 0 Å². The molecule has 0 unspecified atom stereocenters. The molecule has 4 aromatic rings. The number of nitrogens with one attached hydrogen (secondary N) is 1. The second-order valence-corrected chi connectivity index (χ2v) is 6.76. The number of aromatic nitrogens is 2. The summed E-state index contributed by atoms with van der Waals surface area (Å²) in [5.41, 5.74) is 1.74. The lowest BCUT2D eigenvalue weighted by Gasteiger charge is -2.08. The van der Waals surface area contributed by atoms with Crippen LogP contribution in [0.4, 0.5) is 5.69 Å². The largest absolute Gasteiger partial charge is 0.457 e. The average Bonchev–Trinajstić information content (AvgIpc) is 3.12. The molecule has 0 saturated heterocycles. The minimum Gasteiger partial charge on any atom is -0.457 e. The van der Waals surface area contributed by atoms with Crippen LogP contribution < -0.4 is 10.1 Å². The molecule has 0 bridgehead atoms. The number of rotatable bonds is 6. The Bertz CT molecular complexity index is 1050. The summed E-state index contributed by atoms with van der Waals surface area (Å²) >= 11 is 1.40. The smallest absolute Gasteiger partial charge is 0.234 e. The van der Waals surface area contributed by atoms with Crippen molar-refractivity contribution in [3.05, 3.63) is 85.2 Å². The number of thioether (sulfide) groups is 1. The predicted molar refractivity (Wildman–Crippen MR) is 108 cm³/mol. The summed E-state index contributed by atoms with van der Waals surface area (Å²) in [4.78, 5) is 16.6. The van der Waals surface area contributed by atoms with Gasteiger partial charge in [0.2, 0.25) is 5.91 Å².